The summed E-state index contributed by atoms with van der Waals surface area (Å²) in [6.07, 6.45) is 2.69. The zero-order valence-corrected chi connectivity index (χ0v) is 19.6. The molecule has 34 heavy (non-hydrogen) atoms. The average molecular weight is 494 g/mol. The van der Waals surface area contributed by atoms with Crippen LogP contribution in [0.25, 0.3) is 17.1 Å². The van der Waals surface area contributed by atoms with E-state index in [0.29, 0.717) is 27.2 Å². The number of hydrogen-bond donors (Lipinski definition) is 2. The third-order valence-electron chi connectivity index (χ3n) is 5.50. The number of amides is 2. The van der Waals surface area contributed by atoms with Gasteiger partial charge in [0.05, 0.1) is 11.3 Å². The molecule has 0 fully saturated rings. The SMILES string of the molecule is NC(=O)c1c(NC(=O)CSc2nnc(-c3ccccc3)n2-c2ccc(F)cc2)sc2c1CCC2. The van der Waals surface area contributed by atoms with E-state index in [1.807, 2.05) is 30.3 Å². The number of halogens is 1. The smallest absolute Gasteiger partial charge is 0.251 e. The van der Waals surface area contributed by atoms with E-state index in [2.05, 4.69) is 15.5 Å². The molecular weight excluding hydrogens is 473 g/mol. The van der Waals surface area contributed by atoms with Gasteiger partial charge in [0.1, 0.15) is 10.8 Å². The van der Waals surface area contributed by atoms with Gasteiger partial charge in [0.2, 0.25) is 5.91 Å². The van der Waals surface area contributed by atoms with Crippen LogP contribution in [0.1, 0.15) is 27.2 Å². The monoisotopic (exact) mass is 493 g/mol. The number of nitrogens with two attached hydrogens (primary N) is 1. The maximum absolute atomic E-state index is 13.5. The molecule has 0 atom stereocenters. The first-order valence-electron chi connectivity index (χ1n) is 10.6. The number of hydrogen-bond acceptors (Lipinski definition) is 6. The number of carbonyl (C=O) groups is 2. The van der Waals surface area contributed by atoms with Gasteiger partial charge in [-0.1, -0.05) is 42.1 Å². The van der Waals surface area contributed by atoms with Gasteiger partial charge in [-0.05, 0) is 49.1 Å². The highest BCUT2D eigenvalue weighted by molar-refractivity contribution is 7.99. The van der Waals surface area contributed by atoms with Gasteiger partial charge in [0.25, 0.3) is 5.91 Å². The summed E-state index contributed by atoms with van der Waals surface area (Å²) in [7, 11) is 0. The molecule has 2 amide bonds. The predicted octanol–water partition coefficient (Wildman–Crippen LogP) is 4.45. The zero-order valence-electron chi connectivity index (χ0n) is 18.0. The van der Waals surface area contributed by atoms with Crippen LogP contribution in [-0.4, -0.2) is 32.3 Å². The minimum atomic E-state index is -0.522. The summed E-state index contributed by atoms with van der Waals surface area (Å²) >= 11 is 2.62. The largest absolute Gasteiger partial charge is 0.365 e. The van der Waals surface area contributed by atoms with Crippen LogP contribution in [0.2, 0.25) is 0 Å². The number of nitrogens with zero attached hydrogens (tertiary/aromatic N) is 3. The van der Waals surface area contributed by atoms with Crippen molar-refractivity contribution in [3.63, 3.8) is 0 Å². The number of fused-ring (bicyclic) bond motifs is 1. The Balaban J connectivity index is 1.39. The summed E-state index contributed by atoms with van der Waals surface area (Å²) < 4.78 is 15.3. The van der Waals surface area contributed by atoms with Crippen LogP contribution in [0.4, 0.5) is 9.39 Å². The second-order valence-corrected chi connectivity index (χ2v) is 9.79. The highest BCUT2D eigenvalue weighted by Crippen LogP contribution is 2.39. The maximum Gasteiger partial charge on any atom is 0.251 e. The molecule has 0 bridgehead atoms. The van der Waals surface area contributed by atoms with Gasteiger partial charge in [-0.15, -0.1) is 21.5 Å². The van der Waals surface area contributed by atoms with E-state index in [0.717, 1.165) is 35.3 Å². The fourth-order valence-electron chi connectivity index (χ4n) is 4.01. The number of anilines is 1. The molecule has 0 aliphatic heterocycles. The van der Waals surface area contributed by atoms with Crippen LogP contribution in [0.5, 0.6) is 0 Å². The average Bonchev–Trinajstić information content (AvgIpc) is 3.53. The van der Waals surface area contributed by atoms with Gasteiger partial charge < -0.3 is 11.1 Å². The Bertz CT molecular complexity index is 1370. The summed E-state index contributed by atoms with van der Waals surface area (Å²) in [5, 5.41) is 12.5. The number of primary amides is 1. The van der Waals surface area contributed by atoms with E-state index < -0.39 is 5.91 Å². The molecule has 2 aromatic heterocycles. The van der Waals surface area contributed by atoms with E-state index in [9.17, 15) is 14.0 Å². The molecule has 1 aliphatic rings. The number of aromatic nitrogens is 3. The molecule has 10 heteroatoms. The van der Waals surface area contributed by atoms with Crippen LogP contribution < -0.4 is 11.1 Å². The lowest BCUT2D eigenvalue weighted by molar-refractivity contribution is -0.113. The minimum Gasteiger partial charge on any atom is -0.365 e. The van der Waals surface area contributed by atoms with Crippen molar-refractivity contribution >= 4 is 39.9 Å². The third kappa shape index (κ3) is 4.34. The maximum atomic E-state index is 13.5. The molecule has 0 radical (unpaired) electrons. The molecule has 172 valence electrons. The topological polar surface area (TPSA) is 103 Å². The van der Waals surface area contributed by atoms with Gasteiger partial charge in [0.15, 0.2) is 11.0 Å². The molecule has 1 aliphatic carbocycles. The van der Waals surface area contributed by atoms with Crippen LogP contribution in [-0.2, 0) is 17.6 Å². The fraction of sp³-hybridized carbons (Fsp3) is 0.167. The van der Waals surface area contributed by atoms with Gasteiger partial charge in [-0.25, -0.2) is 4.39 Å². The molecular formula is C24H20FN5O2S2. The van der Waals surface area contributed by atoms with Crippen LogP contribution in [0.15, 0.2) is 59.8 Å². The Morgan fingerprint density at radius 2 is 1.85 bits per heavy atom. The number of carbonyl (C=O) groups excluding carboxylic acids is 2. The van der Waals surface area contributed by atoms with Crippen molar-refractivity contribution < 1.29 is 14.0 Å². The lowest BCUT2D eigenvalue weighted by atomic mass is 10.1. The number of nitrogens with one attached hydrogen (secondary N) is 1. The first kappa shape index (κ1) is 22.3. The highest BCUT2D eigenvalue weighted by Gasteiger charge is 2.26. The normalized spacial score (nSPS) is 12.5. The first-order chi connectivity index (χ1) is 16.5. The number of aryl methyl sites for hydroxylation is 1. The van der Waals surface area contributed by atoms with Gasteiger partial charge in [0, 0.05) is 16.1 Å². The molecule has 2 aromatic carbocycles. The quantitative estimate of drug-likeness (QED) is 0.370. The molecule has 0 unspecified atom stereocenters. The van der Waals surface area contributed by atoms with E-state index >= 15 is 0 Å². The Hall–Kier alpha value is -3.50. The van der Waals surface area contributed by atoms with Crippen molar-refractivity contribution in [1.29, 1.82) is 0 Å². The number of thioether (sulfide) groups is 1. The van der Waals surface area contributed by atoms with Crippen LogP contribution >= 0.6 is 23.1 Å². The van der Waals surface area contributed by atoms with Gasteiger partial charge in [-0.3, -0.25) is 14.2 Å². The van der Waals surface area contributed by atoms with Crippen molar-refractivity contribution in [2.75, 3.05) is 11.1 Å². The Labute approximate surface area is 203 Å². The summed E-state index contributed by atoms with van der Waals surface area (Å²) in [4.78, 5) is 25.9. The zero-order chi connectivity index (χ0) is 23.7. The number of thiophene rings is 1. The van der Waals surface area contributed by atoms with Gasteiger partial charge >= 0.3 is 0 Å². The molecule has 5 rings (SSSR count). The molecule has 3 N–H and O–H groups in total. The van der Waals surface area contributed by atoms with Crippen LogP contribution in [0.3, 0.4) is 0 Å². The Morgan fingerprint density at radius 3 is 2.59 bits per heavy atom. The lowest BCUT2D eigenvalue weighted by Crippen LogP contribution is -2.19. The second-order valence-electron chi connectivity index (χ2n) is 7.75. The van der Waals surface area contributed by atoms with Crippen molar-refractivity contribution in [2.45, 2.75) is 24.4 Å². The first-order valence-corrected chi connectivity index (χ1v) is 12.4. The Kier molecular flexibility index (Phi) is 6.16. The van der Waals surface area contributed by atoms with E-state index in [1.165, 1.54) is 35.2 Å². The van der Waals surface area contributed by atoms with Crippen LogP contribution in [0, 0.1) is 5.82 Å². The molecule has 0 saturated carbocycles. The van der Waals surface area contributed by atoms with Gasteiger partial charge in [-0.2, -0.15) is 0 Å². The summed E-state index contributed by atoms with van der Waals surface area (Å²) in [5.74, 6) is -0.511. The minimum absolute atomic E-state index is 0.0505. The summed E-state index contributed by atoms with van der Waals surface area (Å²) in [5.41, 5.74) is 8.50. The lowest BCUT2D eigenvalue weighted by Gasteiger charge is -2.10. The van der Waals surface area contributed by atoms with Crippen molar-refractivity contribution in [2.24, 2.45) is 5.73 Å². The molecule has 4 aromatic rings. The predicted molar refractivity (Wildman–Crippen MR) is 131 cm³/mol. The Morgan fingerprint density at radius 1 is 1.09 bits per heavy atom. The van der Waals surface area contributed by atoms with E-state index in [-0.39, 0.29) is 17.5 Å². The number of rotatable bonds is 7. The summed E-state index contributed by atoms with van der Waals surface area (Å²) in [6, 6.07) is 15.5. The summed E-state index contributed by atoms with van der Waals surface area (Å²) in [6.45, 7) is 0. The standard InChI is InChI=1S/C24H20FN5O2S2/c25-15-9-11-16(12-10-15)30-22(14-5-2-1-3-6-14)28-29-24(30)33-13-19(31)27-23-20(21(26)32)17-7-4-8-18(17)34-23/h1-3,5-6,9-12H,4,7-8,13H2,(H2,26,32)(H,27,31). The molecule has 0 saturated heterocycles. The molecule has 2 heterocycles. The van der Waals surface area contributed by atoms with E-state index in [1.54, 1.807) is 16.7 Å². The van der Waals surface area contributed by atoms with Crippen molar-refractivity contribution in [3.05, 3.63) is 76.4 Å². The number of benzene rings is 2. The molecule has 0 spiro atoms. The highest BCUT2D eigenvalue weighted by atomic mass is 32.2. The third-order valence-corrected chi connectivity index (χ3v) is 7.64. The molecule has 7 nitrogen and oxygen atoms in total. The fourth-order valence-corrected chi connectivity index (χ4v) is 6.07. The van der Waals surface area contributed by atoms with Crippen molar-refractivity contribution in [3.8, 4) is 17.1 Å². The van der Waals surface area contributed by atoms with E-state index in [4.69, 9.17) is 5.73 Å². The second kappa shape index (κ2) is 9.40. The van der Waals surface area contributed by atoms with Crippen molar-refractivity contribution in [1.82, 2.24) is 14.8 Å².